The van der Waals surface area contributed by atoms with Crippen LogP contribution in [0.4, 0.5) is 4.39 Å². The maximum absolute atomic E-state index is 13.5. The van der Waals surface area contributed by atoms with Crippen LogP contribution in [-0.4, -0.2) is 18.3 Å². The Hall–Kier alpha value is -0.610. The number of rotatable bonds is 6. The highest BCUT2D eigenvalue weighted by atomic mass is 79.9. The molecule has 1 unspecified atom stereocenters. The summed E-state index contributed by atoms with van der Waals surface area (Å²) in [6.45, 7) is 2.60. The lowest BCUT2D eigenvalue weighted by atomic mass is 10.1. The lowest BCUT2D eigenvalue weighted by Gasteiger charge is -2.08. The lowest BCUT2D eigenvalue weighted by Crippen LogP contribution is -2.25. The summed E-state index contributed by atoms with van der Waals surface area (Å²) < 4.78 is 14.1. The van der Waals surface area contributed by atoms with Crippen LogP contribution >= 0.6 is 27.5 Å². The zero-order valence-corrected chi connectivity index (χ0v) is 12.5. The molecule has 0 aliphatic carbocycles. The maximum Gasteiger partial charge on any atom is 0.254 e. The van der Waals surface area contributed by atoms with E-state index in [0.29, 0.717) is 22.8 Å². The molecule has 0 bridgehead atoms. The van der Waals surface area contributed by atoms with E-state index >= 15 is 0 Å². The Kier molecular flexibility index (Phi) is 6.65. The van der Waals surface area contributed by atoms with E-state index in [0.717, 1.165) is 12.8 Å². The van der Waals surface area contributed by atoms with Crippen molar-refractivity contribution in [2.45, 2.75) is 19.8 Å². The summed E-state index contributed by atoms with van der Waals surface area (Å²) in [6, 6.07) is 4.40. The van der Waals surface area contributed by atoms with Gasteiger partial charge in [0, 0.05) is 16.9 Å². The van der Waals surface area contributed by atoms with Crippen LogP contribution in [0.15, 0.2) is 22.7 Å². The topological polar surface area (TPSA) is 29.1 Å². The Morgan fingerprint density at radius 3 is 2.89 bits per heavy atom. The van der Waals surface area contributed by atoms with Crippen molar-refractivity contribution < 1.29 is 9.18 Å². The molecule has 0 fully saturated rings. The molecule has 0 radical (unpaired) electrons. The average Bonchev–Trinajstić information content (AvgIpc) is 2.34. The molecule has 18 heavy (non-hydrogen) atoms. The Morgan fingerprint density at radius 2 is 2.28 bits per heavy atom. The molecule has 1 atom stereocenters. The molecule has 1 aromatic carbocycles. The molecule has 0 aliphatic heterocycles. The normalized spacial score (nSPS) is 12.2. The molecule has 0 aromatic heterocycles. The molecule has 2 nitrogen and oxygen atoms in total. The lowest BCUT2D eigenvalue weighted by molar-refractivity contribution is 0.0948. The Balaban J connectivity index is 2.41. The highest BCUT2D eigenvalue weighted by Gasteiger charge is 2.11. The fourth-order valence-corrected chi connectivity index (χ4v) is 1.99. The second-order valence-corrected chi connectivity index (χ2v) is 5.51. The van der Waals surface area contributed by atoms with Crippen molar-refractivity contribution in [2.24, 2.45) is 5.92 Å². The van der Waals surface area contributed by atoms with Gasteiger partial charge in [-0.05, 0) is 37.0 Å². The second-order valence-electron chi connectivity index (χ2n) is 4.28. The third kappa shape index (κ3) is 4.94. The number of carbonyl (C=O) groups excluding carboxylic acids is 1. The number of benzene rings is 1. The largest absolute Gasteiger partial charge is 0.352 e. The zero-order chi connectivity index (χ0) is 13.5. The quantitative estimate of drug-likeness (QED) is 0.618. The van der Waals surface area contributed by atoms with E-state index in [1.54, 1.807) is 6.07 Å². The Morgan fingerprint density at radius 1 is 1.56 bits per heavy atom. The summed E-state index contributed by atoms with van der Waals surface area (Å²) in [5.74, 6) is 0.164. The van der Waals surface area contributed by atoms with Crippen molar-refractivity contribution in [2.75, 3.05) is 12.4 Å². The van der Waals surface area contributed by atoms with Gasteiger partial charge in [0.25, 0.3) is 5.91 Å². The first-order chi connectivity index (χ1) is 8.54. The third-order valence-corrected chi connectivity index (χ3v) is 3.62. The van der Waals surface area contributed by atoms with E-state index in [2.05, 4.69) is 28.2 Å². The maximum atomic E-state index is 13.5. The molecule has 0 saturated carbocycles. The predicted molar refractivity (Wildman–Crippen MR) is 75.6 cm³/mol. The minimum absolute atomic E-state index is 0.0728. The van der Waals surface area contributed by atoms with Gasteiger partial charge in [0.05, 0.1) is 5.56 Å². The smallest absolute Gasteiger partial charge is 0.254 e. The van der Waals surface area contributed by atoms with Crippen molar-refractivity contribution in [3.8, 4) is 0 Å². The molecule has 0 heterocycles. The minimum atomic E-state index is -0.518. The molecular formula is C13H16BrClFNO. The number of halogens is 3. The van der Waals surface area contributed by atoms with Crippen molar-refractivity contribution in [3.63, 3.8) is 0 Å². The van der Waals surface area contributed by atoms with Crippen LogP contribution in [0.3, 0.4) is 0 Å². The summed E-state index contributed by atoms with van der Waals surface area (Å²) in [4.78, 5) is 11.7. The number of alkyl halides is 1. The van der Waals surface area contributed by atoms with E-state index in [4.69, 9.17) is 11.6 Å². The first-order valence-electron chi connectivity index (χ1n) is 5.83. The van der Waals surface area contributed by atoms with Crippen molar-refractivity contribution >= 4 is 33.4 Å². The third-order valence-electron chi connectivity index (χ3n) is 2.60. The number of hydrogen-bond donors (Lipinski definition) is 1. The molecule has 1 amide bonds. The molecule has 100 valence electrons. The highest BCUT2D eigenvalue weighted by molar-refractivity contribution is 9.10. The summed E-state index contributed by atoms with van der Waals surface area (Å²) in [6.07, 6.45) is 1.80. The first-order valence-corrected chi connectivity index (χ1v) is 7.16. The molecule has 1 rings (SSSR count). The molecule has 0 spiro atoms. The van der Waals surface area contributed by atoms with E-state index in [1.165, 1.54) is 12.1 Å². The Labute approximate surface area is 120 Å². The zero-order valence-electron chi connectivity index (χ0n) is 10.2. The monoisotopic (exact) mass is 335 g/mol. The van der Waals surface area contributed by atoms with Crippen LogP contribution in [0, 0.1) is 11.7 Å². The van der Waals surface area contributed by atoms with Gasteiger partial charge in [0.15, 0.2) is 0 Å². The molecular weight excluding hydrogens is 321 g/mol. The molecule has 5 heteroatoms. The van der Waals surface area contributed by atoms with E-state index in [-0.39, 0.29) is 11.5 Å². The van der Waals surface area contributed by atoms with Gasteiger partial charge >= 0.3 is 0 Å². The summed E-state index contributed by atoms with van der Waals surface area (Å²) in [5, 5.41) is 2.70. The van der Waals surface area contributed by atoms with Crippen LogP contribution in [-0.2, 0) is 0 Å². The summed E-state index contributed by atoms with van der Waals surface area (Å²) >= 11 is 8.83. The van der Waals surface area contributed by atoms with Gasteiger partial charge in [-0.1, -0.05) is 22.9 Å². The molecule has 0 aliphatic rings. The van der Waals surface area contributed by atoms with Gasteiger partial charge in [-0.2, -0.15) is 0 Å². The predicted octanol–water partition coefficient (Wildman–Crippen LogP) is 3.97. The SMILES string of the molecule is CC(CCl)CCCNC(=O)c1ccc(Br)cc1F. The van der Waals surface area contributed by atoms with Crippen LogP contribution in [0.25, 0.3) is 0 Å². The van der Waals surface area contributed by atoms with Crippen molar-refractivity contribution in [1.82, 2.24) is 5.32 Å². The Bertz CT molecular complexity index is 414. The highest BCUT2D eigenvalue weighted by Crippen LogP contribution is 2.15. The fraction of sp³-hybridized carbons (Fsp3) is 0.462. The van der Waals surface area contributed by atoms with Gasteiger partial charge in [-0.3, -0.25) is 4.79 Å². The number of carbonyl (C=O) groups is 1. The van der Waals surface area contributed by atoms with E-state index in [9.17, 15) is 9.18 Å². The molecule has 1 aromatic rings. The number of amides is 1. The average molecular weight is 337 g/mol. The molecule has 1 N–H and O–H groups in total. The minimum Gasteiger partial charge on any atom is -0.352 e. The standard InChI is InChI=1S/C13H16BrClFNO/c1-9(8-15)3-2-6-17-13(18)11-5-4-10(14)7-12(11)16/h4-5,7,9H,2-3,6,8H2,1H3,(H,17,18). The van der Waals surface area contributed by atoms with Gasteiger partial charge in [0.2, 0.25) is 0 Å². The van der Waals surface area contributed by atoms with Gasteiger partial charge < -0.3 is 5.32 Å². The summed E-state index contributed by atoms with van der Waals surface area (Å²) in [7, 11) is 0. The van der Waals surface area contributed by atoms with Gasteiger partial charge in [0.1, 0.15) is 5.82 Å². The van der Waals surface area contributed by atoms with Crippen LogP contribution in [0.2, 0.25) is 0 Å². The van der Waals surface area contributed by atoms with Crippen molar-refractivity contribution in [1.29, 1.82) is 0 Å². The summed E-state index contributed by atoms with van der Waals surface area (Å²) in [5.41, 5.74) is 0.0728. The first kappa shape index (κ1) is 15.4. The number of hydrogen-bond acceptors (Lipinski definition) is 1. The van der Waals surface area contributed by atoms with Crippen molar-refractivity contribution in [3.05, 3.63) is 34.1 Å². The van der Waals surface area contributed by atoms with E-state index < -0.39 is 5.82 Å². The van der Waals surface area contributed by atoms with Gasteiger partial charge in [-0.15, -0.1) is 11.6 Å². The fourth-order valence-electron chi connectivity index (χ4n) is 1.50. The second kappa shape index (κ2) is 7.74. The van der Waals surface area contributed by atoms with Gasteiger partial charge in [-0.25, -0.2) is 4.39 Å². The van der Waals surface area contributed by atoms with E-state index in [1.807, 2.05) is 0 Å². The van der Waals surface area contributed by atoms with Crippen LogP contribution in [0.1, 0.15) is 30.1 Å². The molecule has 0 saturated heterocycles. The van der Waals surface area contributed by atoms with Crippen LogP contribution in [0.5, 0.6) is 0 Å². The number of nitrogens with one attached hydrogen (secondary N) is 1. The van der Waals surface area contributed by atoms with Crippen LogP contribution < -0.4 is 5.32 Å².